The predicted molar refractivity (Wildman–Crippen MR) is 105 cm³/mol. The fraction of sp³-hybridized carbons (Fsp3) is 0.526. The van der Waals surface area contributed by atoms with E-state index in [9.17, 15) is 14.0 Å². The Morgan fingerprint density at radius 2 is 1.93 bits per heavy atom. The van der Waals surface area contributed by atoms with Gasteiger partial charge in [0.2, 0.25) is 5.91 Å². The van der Waals surface area contributed by atoms with Crippen LogP contribution in [0.25, 0.3) is 0 Å². The fourth-order valence-corrected chi connectivity index (χ4v) is 2.83. The Morgan fingerprint density at radius 1 is 1.25 bits per heavy atom. The zero-order valence-corrected chi connectivity index (χ0v) is 15.4. The monoisotopic (exact) mass is 396 g/mol. The van der Waals surface area contributed by atoms with Crippen LogP contribution >= 0.6 is 0 Å². The van der Waals surface area contributed by atoms with Crippen molar-refractivity contribution in [1.82, 2.24) is 4.90 Å². The first-order valence-electron chi connectivity index (χ1n) is 8.70. The molecular weight excluding hydrogens is 367 g/mol. The SMILES string of the molecule is C.COCCC(=O)N1CCN(c2cccc(COC(=O)CC(=N)N)c2F)CC1. The first-order chi connectivity index (χ1) is 12.9. The molecule has 8 nitrogen and oxygen atoms in total. The zero-order valence-electron chi connectivity index (χ0n) is 15.4. The number of esters is 1. The van der Waals surface area contributed by atoms with E-state index in [0.717, 1.165) is 0 Å². The van der Waals surface area contributed by atoms with Crippen LogP contribution in [-0.2, 0) is 25.7 Å². The predicted octanol–water partition coefficient (Wildman–Crippen LogP) is 1.52. The second kappa shape index (κ2) is 11.2. The van der Waals surface area contributed by atoms with Crippen molar-refractivity contribution in [3.8, 4) is 0 Å². The first kappa shape index (κ1) is 23.4. The van der Waals surface area contributed by atoms with Gasteiger partial charge in [0.15, 0.2) is 5.82 Å². The fourth-order valence-electron chi connectivity index (χ4n) is 2.83. The Labute approximate surface area is 164 Å². The van der Waals surface area contributed by atoms with Gasteiger partial charge in [0.25, 0.3) is 0 Å². The van der Waals surface area contributed by atoms with Crippen molar-refractivity contribution in [3.63, 3.8) is 0 Å². The number of amidine groups is 1. The van der Waals surface area contributed by atoms with Gasteiger partial charge in [-0.1, -0.05) is 19.6 Å². The summed E-state index contributed by atoms with van der Waals surface area (Å²) in [4.78, 5) is 27.1. The minimum atomic E-state index is -0.671. The number of nitrogens with zero attached hydrogens (tertiary/aromatic N) is 2. The van der Waals surface area contributed by atoms with E-state index in [1.165, 1.54) is 0 Å². The Bertz CT molecular complexity index is 691. The summed E-state index contributed by atoms with van der Waals surface area (Å²) in [7, 11) is 1.55. The number of benzene rings is 1. The molecule has 0 unspecified atom stereocenters. The molecule has 1 aromatic carbocycles. The highest BCUT2D eigenvalue weighted by Crippen LogP contribution is 2.24. The van der Waals surface area contributed by atoms with E-state index < -0.39 is 11.8 Å². The lowest BCUT2D eigenvalue weighted by molar-refractivity contribution is -0.143. The van der Waals surface area contributed by atoms with E-state index in [4.69, 9.17) is 20.6 Å². The number of anilines is 1. The Kier molecular flexibility index (Phi) is 9.37. The maximum absolute atomic E-state index is 14.8. The van der Waals surface area contributed by atoms with Crippen LogP contribution < -0.4 is 10.6 Å². The summed E-state index contributed by atoms with van der Waals surface area (Å²) < 4.78 is 24.7. The number of hydrogen-bond acceptors (Lipinski definition) is 6. The first-order valence-corrected chi connectivity index (χ1v) is 8.70. The number of carbonyl (C=O) groups excluding carboxylic acids is 2. The molecule has 2 rings (SSSR count). The second-order valence-electron chi connectivity index (χ2n) is 6.22. The number of carbonyl (C=O) groups is 2. The standard InChI is InChI=1S/C18H25FN4O4.CH4/c1-26-10-5-16(24)23-8-6-22(7-9-23)14-4-2-3-13(18(14)19)12-27-17(25)11-15(20)21;/h2-4H,5-12H2,1H3,(H3,20,21);1H4. The number of nitrogens with two attached hydrogens (primary N) is 1. The number of piperazine rings is 1. The van der Waals surface area contributed by atoms with Crippen molar-refractivity contribution in [2.24, 2.45) is 5.73 Å². The molecule has 0 spiro atoms. The molecule has 28 heavy (non-hydrogen) atoms. The summed E-state index contributed by atoms with van der Waals surface area (Å²) in [5.41, 5.74) is 5.81. The summed E-state index contributed by atoms with van der Waals surface area (Å²) in [5.74, 6) is -1.39. The van der Waals surface area contributed by atoms with Gasteiger partial charge in [-0.2, -0.15) is 0 Å². The van der Waals surface area contributed by atoms with Crippen LogP contribution in [0.4, 0.5) is 10.1 Å². The van der Waals surface area contributed by atoms with E-state index in [-0.39, 0.29) is 37.8 Å². The van der Waals surface area contributed by atoms with Gasteiger partial charge >= 0.3 is 5.97 Å². The third kappa shape index (κ3) is 6.49. The molecule has 1 saturated heterocycles. The van der Waals surface area contributed by atoms with Gasteiger partial charge in [-0.25, -0.2) is 4.39 Å². The van der Waals surface area contributed by atoms with Gasteiger partial charge in [0, 0.05) is 38.9 Å². The highest BCUT2D eigenvalue weighted by atomic mass is 19.1. The van der Waals surface area contributed by atoms with E-state index >= 15 is 0 Å². The molecule has 1 aliphatic rings. The maximum Gasteiger partial charge on any atom is 0.313 e. The minimum absolute atomic E-state index is 0. The van der Waals surface area contributed by atoms with Gasteiger partial charge in [-0.05, 0) is 6.07 Å². The number of halogens is 1. The van der Waals surface area contributed by atoms with Gasteiger partial charge in [-0.3, -0.25) is 15.0 Å². The lowest BCUT2D eigenvalue weighted by Crippen LogP contribution is -2.49. The topological polar surface area (TPSA) is 109 Å². The highest BCUT2D eigenvalue weighted by molar-refractivity contribution is 5.94. The number of rotatable bonds is 8. The van der Waals surface area contributed by atoms with Gasteiger partial charge < -0.3 is 25.0 Å². The lowest BCUT2D eigenvalue weighted by atomic mass is 10.1. The van der Waals surface area contributed by atoms with Crippen LogP contribution in [0.3, 0.4) is 0 Å². The summed E-state index contributed by atoms with van der Waals surface area (Å²) in [6.07, 6.45) is 0.0202. The van der Waals surface area contributed by atoms with Crippen molar-refractivity contribution in [1.29, 1.82) is 5.41 Å². The van der Waals surface area contributed by atoms with E-state index in [2.05, 4.69) is 0 Å². The minimum Gasteiger partial charge on any atom is -0.460 e. The van der Waals surface area contributed by atoms with Crippen LogP contribution in [-0.4, -0.2) is 62.5 Å². The van der Waals surface area contributed by atoms with E-state index in [0.29, 0.717) is 44.9 Å². The number of nitrogens with one attached hydrogen (secondary N) is 1. The molecule has 1 heterocycles. The number of ether oxygens (including phenoxy) is 2. The molecule has 1 aliphatic heterocycles. The van der Waals surface area contributed by atoms with Crippen LogP contribution in [0.5, 0.6) is 0 Å². The number of amides is 1. The van der Waals surface area contributed by atoms with Gasteiger partial charge in [0.1, 0.15) is 18.9 Å². The van der Waals surface area contributed by atoms with Gasteiger partial charge in [0.05, 0.1) is 18.7 Å². The molecule has 1 fully saturated rings. The van der Waals surface area contributed by atoms with Crippen molar-refractivity contribution >= 4 is 23.4 Å². The van der Waals surface area contributed by atoms with Crippen molar-refractivity contribution < 1.29 is 23.5 Å². The third-order valence-corrected chi connectivity index (χ3v) is 4.27. The number of hydrogen-bond donors (Lipinski definition) is 2. The van der Waals surface area contributed by atoms with Crippen molar-refractivity contribution in [3.05, 3.63) is 29.6 Å². The molecule has 0 saturated carbocycles. The molecule has 0 bridgehead atoms. The average Bonchev–Trinajstić information content (AvgIpc) is 2.65. The van der Waals surface area contributed by atoms with Crippen LogP contribution in [0, 0.1) is 11.2 Å². The van der Waals surface area contributed by atoms with Crippen molar-refractivity contribution in [2.45, 2.75) is 26.9 Å². The molecule has 156 valence electrons. The summed E-state index contributed by atoms with van der Waals surface area (Å²) in [6.45, 7) is 2.23. The molecule has 0 radical (unpaired) electrons. The van der Waals surface area contributed by atoms with Crippen LogP contribution in [0.2, 0.25) is 0 Å². The maximum atomic E-state index is 14.8. The molecule has 1 amide bonds. The third-order valence-electron chi connectivity index (χ3n) is 4.27. The van der Waals surface area contributed by atoms with E-state index in [1.54, 1.807) is 30.2 Å². The molecule has 0 aliphatic carbocycles. The largest absolute Gasteiger partial charge is 0.460 e. The van der Waals surface area contributed by atoms with E-state index in [1.807, 2.05) is 4.90 Å². The quantitative estimate of drug-likeness (QED) is 0.392. The normalized spacial score (nSPS) is 13.6. The molecular formula is C19H29FN4O4. The summed E-state index contributed by atoms with van der Waals surface area (Å²) in [5, 5.41) is 7.06. The summed E-state index contributed by atoms with van der Waals surface area (Å²) >= 11 is 0. The van der Waals surface area contributed by atoms with Gasteiger partial charge in [-0.15, -0.1) is 0 Å². The molecule has 0 aromatic heterocycles. The average molecular weight is 396 g/mol. The molecule has 1 aromatic rings. The van der Waals surface area contributed by atoms with Crippen molar-refractivity contribution in [2.75, 3.05) is 44.8 Å². The smallest absolute Gasteiger partial charge is 0.313 e. The second-order valence-corrected chi connectivity index (χ2v) is 6.22. The summed E-state index contributed by atoms with van der Waals surface area (Å²) in [6, 6.07) is 4.91. The highest BCUT2D eigenvalue weighted by Gasteiger charge is 2.23. The zero-order chi connectivity index (χ0) is 19.8. The molecule has 0 atom stereocenters. The molecule has 3 N–H and O–H groups in total. The van der Waals surface area contributed by atoms with Crippen LogP contribution in [0.15, 0.2) is 18.2 Å². The number of methoxy groups -OCH3 is 1. The Morgan fingerprint density at radius 3 is 2.54 bits per heavy atom. The Balaban J connectivity index is 0.00000392. The lowest BCUT2D eigenvalue weighted by Gasteiger charge is -2.36. The van der Waals surface area contributed by atoms with Crippen LogP contribution in [0.1, 0.15) is 25.8 Å². The Hall–Kier alpha value is -2.68. The molecule has 9 heteroatoms.